The molecule has 2 aliphatic rings. The van der Waals surface area contributed by atoms with Crippen LogP contribution in [0.15, 0.2) is 0 Å². The van der Waals surface area contributed by atoms with Crippen LogP contribution in [0.2, 0.25) is 0 Å². The number of carboxylic acids is 1. The fraction of sp³-hybridized carbons (Fsp3) is 0.929. The molecule has 1 aliphatic carbocycles. The maximum absolute atomic E-state index is 11.1. The molecule has 0 aromatic heterocycles. The molecule has 98 valence electrons. The third kappa shape index (κ3) is 3.21. The van der Waals surface area contributed by atoms with E-state index in [-0.39, 0.29) is 5.92 Å². The minimum atomic E-state index is -0.614. The van der Waals surface area contributed by atoms with Gasteiger partial charge in [0, 0.05) is 19.6 Å². The van der Waals surface area contributed by atoms with Crippen LogP contribution < -0.4 is 0 Å². The molecule has 0 spiro atoms. The highest BCUT2D eigenvalue weighted by atomic mass is 16.4. The summed E-state index contributed by atoms with van der Waals surface area (Å²) in [4.78, 5) is 13.5. The molecule has 1 heterocycles. The van der Waals surface area contributed by atoms with Crippen LogP contribution in [0.25, 0.3) is 0 Å². The molecule has 1 saturated heterocycles. The first kappa shape index (κ1) is 12.9. The summed E-state index contributed by atoms with van der Waals surface area (Å²) in [6, 6.07) is 0. The van der Waals surface area contributed by atoms with Gasteiger partial charge in [-0.2, -0.15) is 0 Å². The van der Waals surface area contributed by atoms with Crippen LogP contribution in [0.1, 0.15) is 39.5 Å². The van der Waals surface area contributed by atoms with E-state index in [1.807, 2.05) is 0 Å². The molecule has 17 heavy (non-hydrogen) atoms. The van der Waals surface area contributed by atoms with Gasteiger partial charge in [0.25, 0.3) is 0 Å². The molecular formula is C14H25NO2. The fourth-order valence-electron chi connectivity index (χ4n) is 3.63. The van der Waals surface area contributed by atoms with Crippen molar-refractivity contribution >= 4 is 5.97 Å². The van der Waals surface area contributed by atoms with E-state index in [4.69, 9.17) is 5.11 Å². The Morgan fingerprint density at radius 2 is 2.06 bits per heavy atom. The van der Waals surface area contributed by atoms with Gasteiger partial charge in [-0.3, -0.25) is 4.79 Å². The molecule has 2 unspecified atom stereocenters. The summed E-state index contributed by atoms with van der Waals surface area (Å²) in [7, 11) is 0. The lowest BCUT2D eigenvalue weighted by Crippen LogP contribution is -2.31. The number of rotatable bonds is 3. The van der Waals surface area contributed by atoms with Gasteiger partial charge in [0.1, 0.15) is 0 Å². The number of aliphatic carboxylic acids is 1. The monoisotopic (exact) mass is 239 g/mol. The molecule has 0 aromatic carbocycles. The van der Waals surface area contributed by atoms with Crippen LogP contribution >= 0.6 is 0 Å². The zero-order valence-electron chi connectivity index (χ0n) is 11.1. The van der Waals surface area contributed by atoms with E-state index in [2.05, 4.69) is 18.7 Å². The summed E-state index contributed by atoms with van der Waals surface area (Å²) in [5, 5.41) is 9.12. The Labute approximate surface area is 104 Å². The van der Waals surface area contributed by atoms with Crippen molar-refractivity contribution < 1.29 is 9.90 Å². The van der Waals surface area contributed by atoms with Crippen molar-refractivity contribution in [3.05, 3.63) is 0 Å². The predicted molar refractivity (Wildman–Crippen MR) is 67.9 cm³/mol. The molecule has 1 saturated carbocycles. The van der Waals surface area contributed by atoms with E-state index < -0.39 is 5.97 Å². The molecule has 0 amide bonds. The zero-order valence-corrected chi connectivity index (χ0v) is 11.1. The van der Waals surface area contributed by atoms with E-state index in [0.717, 1.165) is 31.5 Å². The summed E-state index contributed by atoms with van der Waals surface area (Å²) in [6.07, 6.45) is 5.41. The largest absolute Gasteiger partial charge is 0.481 e. The van der Waals surface area contributed by atoms with E-state index >= 15 is 0 Å². The third-order valence-electron chi connectivity index (χ3n) is 4.57. The first-order valence-corrected chi connectivity index (χ1v) is 7.01. The van der Waals surface area contributed by atoms with Crippen LogP contribution in [0.5, 0.6) is 0 Å². The number of hydrogen-bond donors (Lipinski definition) is 1. The van der Waals surface area contributed by atoms with Crippen LogP contribution in [-0.4, -0.2) is 35.6 Å². The molecular weight excluding hydrogens is 214 g/mol. The smallest absolute Gasteiger partial charge is 0.308 e. The zero-order chi connectivity index (χ0) is 12.4. The second kappa shape index (κ2) is 5.38. The SMILES string of the molecule is CC1CCCC(CN2C[C@@H](C)[C@H](C(=O)O)C2)C1. The fourth-order valence-corrected chi connectivity index (χ4v) is 3.63. The molecule has 2 fully saturated rings. The maximum Gasteiger partial charge on any atom is 0.308 e. The summed E-state index contributed by atoms with van der Waals surface area (Å²) < 4.78 is 0. The Kier molecular flexibility index (Phi) is 4.08. The van der Waals surface area contributed by atoms with Gasteiger partial charge < -0.3 is 10.0 Å². The van der Waals surface area contributed by atoms with E-state index in [1.165, 1.54) is 25.7 Å². The number of hydrogen-bond acceptors (Lipinski definition) is 2. The molecule has 1 aliphatic heterocycles. The van der Waals surface area contributed by atoms with Crippen molar-refractivity contribution in [2.75, 3.05) is 19.6 Å². The van der Waals surface area contributed by atoms with Gasteiger partial charge in [-0.1, -0.05) is 26.7 Å². The van der Waals surface area contributed by atoms with E-state index in [1.54, 1.807) is 0 Å². The van der Waals surface area contributed by atoms with Crippen LogP contribution in [0, 0.1) is 23.7 Å². The van der Waals surface area contributed by atoms with Gasteiger partial charge in [0.05, 0.1) is 5.92 Å². The second-order valence-corrected chi connectivity index (χ2v) is 6.28. The molecule has 4 atom stereocenters. The number of likely N-dealkylation sites (tertiary alicyclic amines) is 1. The topological polar surface area (TPSA) is 40.5 Å². The average molecular weight is 239 g/mol. The molecule has 3 heteroatoms. The maximum atomic E-state index is 11.1. The van der Waals surface area contributed by atoms with Crippen molar-refractivity contribution in [1.29, 1.82) is 0 Å². The summed E-state index contributed by atoms with van der Waals surface area (Å²) in [5.41, 5.74) is 0. The predicted octanol–water partition coefficient (Wildman–Crippen LogP) is 2.47. The summed E-state index contributed by atoms with van der Waals surface area (Å²) in [6.45, 7) is 7.28. The lowest BCUT2D eigenvalue weighted by atomic mass is 9.82. The van der Waals surface area contributed by atoms with Gasteiger partial charge in [-0.05, 0) is 30.6 Å². The van der Waals surface area contributed by atoms with Gasteiger partial charge in [-0.25, -0.2) is 0 Å². The standard InChI is InChI=1S/C14H25NO2/c1-10-4-3-5-12(6-10)8-15-7-11(2)13(9-15)14(16)17/h10-13H,3-9H2,1-2H3,(H,16,17)/t10?,11-,12?,13-/m1/s1. The highest BCUT2D eigenvalue weighted by Gasteiger charge is 2.35. The van der Waals surface area contributed by atoms with Crippen molar-refractivity contribution in [3.63, 3.8) is 0 Å². The Morgan fingerprint density at radius 3 is 2.65 bits per heavy atom. The lowest BCUT2D eigenvalue weighted by Gasteiger charge is -2.30. The molecule has 0 bridgehead atoms. The van der Waals surface area contributed by atoms with Crippen molar-refractivity contribution in [2.45, 2.75) is 39.5 Å². The van der Waals surface area contributed by atoms with Crippen molar-refractivity contribution in [1.82, 2.24) is 4.90 Å². The average Bonchev–Trinajstić information content (AvgIpc) is 2.59. The molecule has 0 radical (unpaired) electrons. The minimum Gasteiger partial charge on any atom is -0.481 e. The summed E-state index contributed by atoms with van der Waals surface area (Å²) in [5.74, 6) is 1.23. The van der Waals surface area contributed by atoms with Crippen LogP contribution in [0.4, 0.5) is 0 Å². The Bertz CT molecular complexity index is 279. The van der Waals surface area contributed by atoms with Crippen molar-refractivity contribution in [3.8, 4) is 0 Å². The number of nitrogens with zero attached hydrogens (tertiary/aromatic N) is 1. The van der Waals surface area contributed by atoms with Gasteiger partial charge >= 0.3 is 5.97 Å². The van der Waals surface area contributed by atoms with Crippen LogP contribution in [-0.2, 0) is 4.79 Å². The first-order chi connectivity index (χ1) is 8.06. The Hall–Kier alpha value is -0.570. The molecule has 2 rings (SSSR count). The van der Waals surface area contributed by atoms with Gasteiger partial charge in [-0.15, -0.1) is 0 Å². The molecule has 0 aromatic rings. The molecule has 1 N–H and O–H groups in total. The summed E-state index contributed by atoms with van der Waals surface area (Å²) >= 11 is 0. The quantitative estimate of drug-likeness (QED) is 0.822. The highest BCUT2D eigenvalue weighted by Crippen LogP contribution is 2.31. The minimum absolute atomic E-state index is 0.143. The number of carboxylic acid groups (broad SMARTS) is 1. The third-order valence-corrected chi connectivity index (χ3v) is 4.57. The Morgan fingerprint density at radius 1 is 1.29 bits per heavy atom. The van der Waals surface area contributed by atoms with E-state index in [9.17, 15) is 4.79 Å². The lowest BCUT2D eigenvalue weighted by molar-refractivity contribution is -0.142. The van der Waals surface area contributed by atoms with Gasteiger partial charge in [0.15, 0.2) is 0 Å². The second-order valence-electron chi connectivity index (χ2n) is 6.28. The Balaban J connectivity index is 1.82. The highest BCUT2D eigenvalue weighted by molar-refractivity contribution is 5.71. The van der Waals surface area contributed by atoms with Crippen molar-refractivity contribution in [2.24, 2.45) is 23.7 Å². The molecule has 3 nitrogen and oxygen atoms in total. The van der Waals surface area contributed by atoms with Crippen LogP contribution in [0.3, 0.4) is 0 Å². The van der Waals surface area contributed by atoms with Gasteiger partial charge in [0.2, 0.25) is 0 Å². The normalized spacial score (nSPS) is 39.4. The van der Waals surface area contributed by atoms with E-state index in [0.29, 0.717) is 5.92 Å². The number of carbonyl (C=O) groups is 1. The first-order valence-electron chi connectivity index (χ1n) is 7.01.